The summed E-state index contributed by atoms with van der Waals surface area (Å²) < 4.78 is 2.85. The molecule has 0 aliphatic heterocycles. The Morgan fingerprint density at radius 2 is 2.00 bits per heavy atom. The van der Waals surface area contributed by atoms with E-state index in [9.17, 15) is 0 Å². The largest absolute Gasteiger partial charge is 0.369 e. The molecule has 0 fully saturated rings. The number of nitrogens with zero attached hydrogens (tertiary/aromatic N) is 2. The van der Waals surface area contributed by atoms with E-state index in [2.05, 4.69) is 20.9 Å². The average molecular weight is 337 g/mol. The van der Waals surface area contributed by atoms with Crippen LogP contribution in [0, 0.1) is 6.92 Å². The number of benzene rings is 2. The molecule has 96 valence electrons. The summed E-state index contributed by atoms with van der Waals surface area (Å²) >= 11 is 9.75. The quantitative estimate of drug-likeness (QED) is 0.718. The maximum Gasteiger partial charge on any atom is 0.205 e. The number of imidazole rings is 1. The fourth-order valence-corrected chi connectivity index (χ4v) is 2.67. The SMILES string of the molecule is Cc1ccc(Cl)c(-n2c(N)nc3ccc(Br)cc32)c1. The molecule has 0 aliphatic carbocycles. The fourth-order valence-electron chi connectivity index (χ4n) is 2.11. The molecule has 0 bridgehead atoms. The van der Waals surface area contributed by atoms with Gasteiger partial charge in [0.2, 0.25) is 5.95 Å². The van der Waals surface area contributed by atoms with E-state index in [0.29, 0.717) is 11.0 Å². The van der Waals surface area contributed by atoms with Crippen LogP contribution in [0.5, 0.6) is 0 Å². The molecule has 1 aromatic heterocycles. The van der Waals surface area contributed by atoms with Gasteiger partial charge < -0.3 is 5.73 Å². The number of hydrogen-bond acceptors (Lipinski definition) is 2. The van der Waals surface area contributed by atoms with Crippen molar-refractivity contribution in [3.63, 3.8) is 0 Å². The van der Waals surface area contributed by atoms with Crippen molar-refractivity contribution in [1.82, 2.24) is 9.55 Å². The van der Waals surface area contributed by atoms with Gasteiger partial charge in [-0.3, -0.25) is 4.57 Å². The van der Waals surface area contributed by atoms with Crippen LogP contribution in [-0.4, -0.2) is 9.55 Å². The van der Waals surface area contributed by atoms with Crippen LogP contribution in [0.25, 0.3) is 16.7 Å². The lowest BCUT2D eigenvalue weighted by Gasteiger charge is -2.09. The van der Waals surface area contributed by atoms with E-state index >= 15 is 0 Å². The highest BCUT2D eigenvalue weighted by atomic mass is 79.9. The number of nitrogen functional groups attached to an aromatic ring is 1. The first-order chi connectivity index (χ1) is 9.06. The van der Waals surface area contributed by atoms with Crippen LogP contribution in [0.1, 0.15) is 5.56 Å². The van der Waals surface area contributed by atoms with Crippen molar-refractivity contribution in [2.75, 3.05) is 5.73 Å². The first-order valence-electron chi connectivity index (χ1n) is 5.76. The number of anilines is 1. The maximum absolute atomic E-state index is 6.28. The van der Waals surface area contributed by atoms with Crippen molar-refractivity contribution in [3.8, 4) is 5.69 Å². The molecule has 0 saturated carbocycles. The molecule has 1 heterocycles. The molecule has 3 rings (SSSR count). The van der Waals surface area contributed by atoms with Crippen LogP contribution >= 0.6 is 27.5 Å². The van der Waals surface area contributed by atoms with E-state index in [1.165, 1.54) is 0 Å². The number of aryl methyl sites for hydroxylation is 1. The molecule has 0 spiro atoms. The summed E-state index contributed by atoms with van der Waals surface area (Å²) in [5, 5.41) is 0.650. The van der Waals surface area contributed by atoms with E-state index in [4.69, 9.17) is 17.3 Å². The first-order valence-corrected chi connectivity index (χ1v) is 6.93. The van der Waals surface area contributed by atoms with Gasteiger partial charge in [-0.25, -0.2) is 4.98 Å². The highest BCUT2D eigenvalue weighted by Gasteiger charge is 2.13. The van der Waals surface area contributed by atoms with Crippen molar-refractivity contribution in [3.05, 3.63) is 51.5 Å². The smallest absolute Gasteiger partial charge is 0.205 e. The maximum atomic E-state index is 6.28. The molecule has 3 nitrogen and oxygen atoms in total. The molecular formula is C14H11BrClN3. The fraction of sp³-hybridized carbons (Fsp3) is 0.0714. The lowest BCUT2D eigenvalue weighted by molar-refractivity contribution is 1.10. The highest BCUT2D eigenvalue weighted by Crippen LogP contribution is 2.30. The van der Waals surface area contributed by atoms with Crippen LogP contribution in [0.2, 0.25) is 5.02 Å². The zero-order valence-electron chi connectivity index (χ0n) is 10.2. The van der Waals surface area contributed by atoms with Gasteiger partial charge in [-0.05, 0) is 42.8 Å². The molecule has 0 amide bonds. The molecule has 0 radical (unpaired) electrons. The Labute approximate surface area is 124 Å². The van der Waals surface area contributed by atoms with Crippen molar-refractivity contribution in [2.45, 2.75) is 6.92 Å². The van der Waals surface area contributed by atoms with Gasteiger partial charge in [0.15, 0.2) is 0 Å². The summed E-state index contributed by atoms with van der Waals surface area (Å²) in [5.74, 6) is 0.431. The third kappa shape index (κ3) is 2.11. The monoisotopic (exact) mass is 335 g/mol. The van der Waals surface area contributed by atoms with Gasteiger partial charge >= 0.3 is 0 Å². The van der Waals surface area contributed by atoms with Gasteiger partial charge in [0.1, 0.15) is 0 Å². The summed E-state index contributed by atoms with van der Waals surface area (Å²) in [7, 11) is 0. The molecular weight excluding hydrogens is 326 g/mol. The number of hydrogen-bond donors (Lipinski definition) is 1. The molecule has 0 saturated heterocycles. The van der Waals surface area contributed by atoms with Crippen molar-refractivity contribution in [1.29, 1.82) is 0 Å². The summed E-state index contributed by atoms with van der Waals surface area (Å²) in [6.45, 7) is 2.02. The minimum absolute atomic E-state index is 0.431. The minimum Gasteiger partial charge on any atom is -0.369 e. The molecule has 3 aromatic rings. The number of halogens is 2. The summed E-state index contributed by atoms with van der Waals surface area (Å²) in [4.78, 5) is 4.36. The molecule has 0 unspecified atom stereocenters. The number of nitrogens with two attached hydrogens (primary N) is 1. The summed E-state index contributed by atoms with van der Waals surface area (Å²) in [5.41, 5.74) is 9.78. The number of fused-ring (bicyclic) bond motifs is 1. The summed E-state index contributed by atoms with van der Waals surface area (Å²) in [6.07, 6.45) is 0. The van der Waals surface area contributed by atoms with Crippen molar-refractivity contribution >= 4 is 44.5 Å². The highest BCUT2D eigenvalue weighted by molar-refractivity contribution is 9.10. The van der Waals surface area contributed by atoms with Crippen molar-refractivity contribution < 1.29 is 0 Å². The standard InChI is InChI=1S/C14H11BrClN3/c1-8-2-4-10(16)12(6-8)19-13-7-9(15)3-5-11(13)18-14(19)17/h2-7H,1H3,(H2,17,18). The minimum atomic E-state index is 0.431. The lowest BCUT2D eigenvalue weighted by Crippen LogP contribution is -2.01. The van der Waals surface area contributed by atoms with Gasteiger partial charge in [0, 0.05) is 4.47 Å². The number of aromatic nitrogens is 2. The predicted molar refractivity (Wildman–Crippen MR) is 82.9 cm³/mol. The van der Waals surface area contributed by atoms with Gasteiger partial charge in [-0.1, -0.05) is 33.6 Å². The Balaban J connectivity index is 2.38. The number of rotatable bonds is 1. The molecule has 5 heteroatoms. The van der Waals surface area contributed by atoms with Crippen LogP contribution in [0.3, 0.4) is 0 Å². The van der Waals surface area contributed by atoms with Crippen LogP contribution in [0.4, 0.5) is 5.95 Å². The molecule has 2 N–H and O–H groups in total. The second-order valence-electron chi connectivity index (χ2n) is 4.39. The van der Waals surface area contributed by atoms with Gasteiger partial charge in [-0.2, -0.15) is 0 Å². The molecule has 0 aliphatic rings. The van der Waals surface area contributed by atoms with Gasteiger partial charge in [0.25, 0.3) is 0 Å². The molecule has 19 heavy (non-hydrogen) atoms. The van der Waals surface area contributed by atoms with E-state index in [0.717, 1.165) is 26.8 Å². The Bertz CT molecular complexity index is 780. The van der Waals surface area contributed by atoms with E-state index in [1.807, 2.05) is 47.9 Å². The summed E-state index contributed by atoms with van der Waals surface area (Å²) in [6, 6.07) is 11.7. The second-order valence-corrected chi connectivity index (χ2v) is 5.72. The zero-order chi connectivity index (χ0) is 13.6. The average Bonchev–Trinajstić information content (AvgIpc) is 2.68. The Morgan fingerprint density at radius 1 is 1.21 bits per heavy atom. The Kier molecular flexibility index (Phi) is 2.99. The van der Waals surface area contributed by atoms with E-state index in [1.54, 1.807) is 0 Å². The van der Waals surface area contributed by atoms with Crippen molar-refractivity contribution in [2.24, 2.45) is 0 Å². The van der Waals surface area contributed by atoms with E-state index < -0.39 is 0 Å². The second kappa shape index (κ2) is 4.54. The van der Waals surface area contributed by atoms with E-state index in [-0.39, 0.29) is 0 Å². The first kappa shape index (κ1) is 12.5. The van der Waals surface area contributed by atoms with Crippen LogP contribution < -0.4 is 5.73 Å². The Hall–Kier alpha value is -1.52. The van der Waals surface area contributed by atoms with Gasteiger partial charge in [0.05, 0.1) is 21.7 Å². The predicted octanol–water partition coefficient (Wildman–Crippen LogP) is 4.33. The third-order valence-corrected chi connectivity index (χ3v) is 3.80. The Morgan fingerprint density at radius 3 is 2.79 bits per heavy atom. The topological polar surface area (TPSA) is 43.8 Å². The third-order valence-electron chi connectivity index (χ3n) is 2.99. The van der Waals surface area contributed by atoms with Crippen LogP contribution in [0.15, 0.2) is 40.9 Å². The molecule has 2 aromatic carbocycles. The van der Waals surface area contributed by atoms with Crippen LogP contribution in [-0.2, 0) is 0 Å². The molecule has 0 atom stereocenters. The van der Waals surface area contributed by atoms with Gasteiger partial charge in [-0.15, -0.1) is 0 Å². The lowest BCUT2D eigenvalue weighted by atomic mass is 10.2. The zero-order valence-corrected chi connectivity index (χ0v) is 12.5. The normalized spacial score (nSPS) is 11.1.